The maximum atomic E-state index is 17.3. The Morgan fingerprint density at radius 2 is 1.86 bits per heavy atom. The molecule has 1 aliphatic heterocycles. The quantitative estimate of drug-likeness (QED) is 0.662. The molecule has 0 radical (unpaired) electrons. The predicted molar refractivity (Wildman–Crippen MR) is 126 cm³/mol. The van der Waals surface area contributed by atoms with E-state index >= 15 is 8.78 Å². The lowest BCUT2D eigenvalue weighted by Gasteiger charge is -2.63. The first kappa shape index (κ1) is 22.9. The number of carbonyl (C=O) groups excluding carboxylic acids is 1. The number of alkyl halides is 2. The summed E-state index contributed by atoms with van der Waals surface area (Å²) in [6, 6.07) is 9.66. The number of aliphatic hydroxyl groups is 1. The van der Waals surface area contributed by atoms with Crippen molar-refractivity contribution in [2.45, 2.75) is 51.1 Å². The van der Waals surface area contributed by atoms with E-state index in [4.69, 9.17) is 0 Å². The van der Waals surface area contributed by atoms with Crippen molar-refractivity contribution in [3.8, 4) is 0 Å². The van der Waals surface area contributed by atoms with Gasteiger partial charge in [0, 0.05) is 30.1 Å². The topological polar surface area (TPSA) is 77.8 Å². The number of aliphatic carboxylic acids is 1. The maximum absolute atomic E-state index is 17.3. The first-order chi connectivity index (χ1) is 16.5. The Kier molecular flexibility index (Phi) is 4.60. The first-order valence-corrected chi connectivity index (χ1v) is 12.5. The van der Waals surface area contributed by atoms with Crippen molar-refractivity contribution in [1.82, 2.24) is 0 Å². The molecule has 4 fully saturated rings. The fourth-order valence-electron chi connectivity index (χ4n) is 8.97. The van der Waals surface area contributed by atoms with Crippen LogP contribution < -0.4 is 4.90 Å². The van der Waals surface area contributed by atoms with Crippen molar-refractivity contribution in [2.75, 3.05) is 18.0 Å². The molecular formula is C28H31F2NO4. The van der Waals surface area contributed by atoms with Crippen molar-refractivity contribution < 1.29 is 28.6 Å². The van der Waals surface area contributed by atoms with Gasteiger partial charge in [-0.15, -0.1) is 0 Å². The summed E-state index contributed by atoms with van der Waals surface area (Å²) in [6.07, 6.45) is 1.18. The van der Waals surface area contributed by atoms with Crippen LogP contribution in [-0.2, 0) is 9.59 Å². The minimum absolute atomic E-state index is 0.0162. The summed E-state index contributed by atoms with van der Waals surface area (Å²) in [7, 11) is 0. The zero-order chi connectivity index (χ0) is 25.0. The van der Waals surface area contributed by atoms with Gasteiger partial charge in [0.1, 0.15) is 6.17 Å². The lowest BCUT2D eigenvalue weighted by Crippen LogP contribution is -2.69. The van der Waals surface area contributed by atoms with Gasteiger partial charge < -0.3 is 15.1 Å². The molecule has 9 atom stereocenters. The fourth-order valence-corrected chi connectivity index (χ4v) is 8.97. The van der Waals surface area contributed by atoms with Gasteiger partial charge in [0.25, 0.3) is 0 Å². The molecule has 0 spiro atoms. The maximum Gasteiger partial charge on any atom is 0.312 e. The normalized spacial score (nSPS) is 48.0. The minimum atomic E-state index is -2.18. The van der Waals surface area contributed by atoms with Crippen LogP contribution in [0.25, 0.3) is 0 Å². The van der Waals surface area contributed by atoms with E-state index < -0.39 is 52.0 Å². The van der Waals surface area contributed by atoms with Crippen LogP contribution in [0, 0.1) is 34.0 Å². The number of ketones is 1. The standard InChI is InChI=1S/C28H31F2NO4/c1-25-9-8-18(32)11-21(25)22(29)12-20-19-10-16-14-31(17-6-4-3-5-7-17)15-27(16,24(34)35)26(19,2)13-23(33)28(20,25)30/h3-9,11,16,19-20,22-23,33H,10,12-15H2,1-2H3,(H,34,35)/t16-,19-,20-,22-,23-,25-,26-,27-,28-/m0/s1. The van der Waals surface area contributed by atoms with Gasteiger partial charge in [0.15, 0.2) is 11.5 Å². The Balaban J connectivity index is 1.45. The summed E-state index contributed by atoms with van der Waals surface area (Å²) in [5, 5.41) is 22.2. The number of allylic oxidation sites excluding steroid dienone is 4. The highest BCUT2D eigenvalue weighted by molar-refractivity contribution is 6.01. The number of rotatable bonds is 2. The number of hydrogen-bond acceptors (Lipinski definition) is 4. The molecule has 2 N–H and O–H groups in total. The SMILES string of the molecule is C[C@]12C=CC(=O)C=C1[C@@H](F)C[C@H]1[C@@H]3C[C@H]4CN(c5ccccc5)C[C@]4(C(=O)O)[C@@]3(C)C[C@H](O)[C@@]12F. The van der Waals surface area contributed by atoms with Gasteiger partial charge >= 0.3 is 5.97 Å². The van der Waals surface area contributed by atoms with Crippen LogP contribution in [-0.4, -0.2) is 53.0 Å². The average Bonchev–Trinajstić information content (AvgIpc) is 3.32. The van der Waals surface area contributed by atoms with Gasteiger partial charge in [-0.2, -0.15) is 0 Å². The van der Waals surface area contributed by atoms with Crippen molar-refractivity contribution in [3.05, 3.63) is 54.1 Å². The number of aliphatic hydroxyl groups excluding tert-OH is 1. The third kappa shape index (κ3) is 2.55. The Hall–Kier alpha value is -2.54. The van der Waals surface area contributed by atoms with Crippen LogP contribution in [0.2, 0.25) is 0 Å². The first-order valence-electron chi connectivity index (χ1n) is 12.5. The molecule has 5 aliphatic rings. The van der Waals surface area contributed by atoms with E-state index in [1.165, 1.54) is 18.2 Å². The number of para-hydroxylation sites is 1. The highest BCUT2D eigenvalue weighted by Crippen LogP contribution is 2.74. The zero-order valence-electron chi connectivity index (χ0n) is 20.0. The van der Waals surface area contributed by atoms with Gasteiger partial charge in [-0.25, -0.2) is 8.78 Å². The number of halogens is 2. The smallest absolute Gasteiger partial charge is 0.312 e. The second-order valence-corrected chi connectivity index (χ2v) is 11.8. The van der Waals surface area contributed by atoms with Gasteiger partial charge in [0.05, 0.1) is 11.5 Å². The summed E-state index contributed by atoms with van der Waals surface area (Å²) < 4.78 is 32.9. The van der Waals surface area contributed by atoms with Crippen LogP contribution >= 0.6 is 0 Å². The highest BCUT2D eigenvalue weighted by Gasteiger charge is 2.78. The van der Waals surface area contributed by atoms with Crippen LogP contribution in [0.4, 0.5) is 14.5 Å². The molecule has 186 valence electrons. The number of nitrogens with zero attached hydrogens (tertiary/aromatic N) is 1. The molecule has 4 aliphatic carbocycles. The third-order valence-corrected chi connectivity index (χ3v) is 10.7. The van der Waals surface area contributed by atoms with Gasteiger partial charge in [-0.3, -0.25) is 9.59 Å². The number of hydrogen-bond donors (Lipinski definition) is 2. The minimum Gasteiger partial charge on any atom is -0.481 e. The molecule has 7 heteroatoms. The summed E-state index contributed by atoms with van der Waals surface area (Å²) in [4.78, 5) is 27.1. The Morgan fingerprint density at radius 1 is 1.14 bits per heavy atom. The Labute approximate surface area is 203 Å². The number of fused-ring (bicyclic) bond motifs is 7. The largest absolute Gasteiger partial charge is 0.481 e. The Bertz CT molecular complexity index is 1170. The number of carboxylic acid groups (broad SMARTS) is 1. The molecule has 0 bridgehead atoms. The number of carbonyl (C=O) groups is 2. The van der Waals surface area contributed by atoms with Crippen LogP contribution in [0.5, 0.6) is 0 Å². The molecule has 1 aromatic rings. The van der Waals surface area contributed by atoms with Gasteiger partial charge in [-0.05, 0) is 73.3 Å². The molecule has 6 rings (SSSR count). The average molecular weight is 484 g/mol. The molecule has 0 amide bonds. The number of carboxylic acids is 1. The van der Waals surface area contributed by atoms with E-state index in [-0.39, 0.29) is 36.7 Å². The molecule has 0 unspecified atom stereocenters. The molecule has 1 aromatic carbocycles. The van der Waals surface area contributed by atoms with E-state index in [9.17, 15) is 19.8 Å². The molecule has 0 aromatic heterocycles. The monoisotopic (exact) mass is 483 g/mol. The van der Waals surface area contributed by atoms with Crippen molar-refractivity contribution in [2.24, 2.45) is 34.0 Å². The van der Waals surface area contributed by atoms with E-state index in [0.717, 1.165) is 5.69 Å². The van der Waals surface area contributed by atoms with Gasteiger partial charge in [0.2, 0.25) is 0 Å². The molecule has 5 nitrogen and oxygen atoms in total. The summed E-state index contributed by atoms with van der Waals surface area (Å²) >= 11 is 0. The number of benzene rings is 1. The lowest BCUT2D eigenvalue weighted by atomic mass is 9.43. The third-order valence-electron chi connectivity index (χ3n) is 10.7. The van der Waals surface area contributed by atoms with Crippen molar-refractivity contribution in [3.63, 3.8) is 0 Å². The van der Waals surface area contributed by atoms with Crippen LogP contribution in [0.1, 0.15) is 33.1 Å². The molecule has 1 heterocycles. The van der Waals surface area contributed by atoms with Crippen molar-refractivity contribution >= 4 is 17.4 Å². The van der Waals surface area contributed by atoms with Crippen LogP contribution in [0.15, 0.2) is 54.1 Å². The Morgan fingerprint density at radius 3 is 2.54 bits per heavy atom. The number of anilines is 1. The zero-order valence-corrected chi connectivity index (χ0v) is 20.0. The van der Waals surface area contributed by atoms with Crippen LogP contribution in [0.3, 0.4) is 0 Å². The summed E-state index contributed by atoms with van der Waals surface area (Å²) in [6.45, 7) is 4.26. The van der Waals surface area contributed by atoms with E-state index in [1.54, 1.807) is 6.92 Å². The second kappa shape index (κ2) is 7.02. The highest BCUT2D eigenvalue weighted by atomic mass is 19.1. The summed E-state index contributed by atoms with van der Waals surface area (Å²) in [5.74, 6) is -2.78. The second-order valence-electron chi connectivity index (χ2n) is 11.8. The summed E-state index contributed by atoms with van der Waals surface area (Å²) in [5.41, 5.74) is -4.67. The van der Waals surface area contributed by atoms with Crippen molar-refractivity contribution in [1.29, 1.82) is 0 Å². The van der Waals surface area contributed by atoms with Gasteiger partial charge in [-0.1, -0.05) is 31.2 Å². The van der Waals surface area contributed by atoms with E-state index in [0.29, 0.717) is 13.0 Å². The molecule has 1 saturated heterocycles. The van der Waals surface area contributed by atoms with E-state index in [2.05, 4.69) is 4.90 Å². The lowest BCUT2D eigenvalue weighted by molar-refractivity contribution is -0.214. The molecular weight excluding hydrogens is 452 g/mol. The fraction of sp³-hybridized carbons (Fsp3) is 0.571. The predicted octanol–water partition coefficient (Wildman–Crippen LogP) is 4.12. The molecule has 3 saturated carbocycles. The van der Waals surface area contributed by atoms with E-state index in [1.807, 2.05) is 37.3 Å². The molecule has 35 heavy (non-hydrogen) atoms.